The van der Waals surface area contributed by atoms with Crippen LogP contribution in [0.15, 0.2) is 54.7 Å². The minimum Gasteiger partial charge on any atom is -0.454 e. The average molecular weight is 373 g/mol. The lowest BCUT2D eigenvalue weighted by molar-refractivity contribution is 0.0932. The standard InChI is InChI=1S/C22H19N3O3/c26-22(15-9-10-19-20(11-15)28-13-27-19)25-18-8-4-7-17-16(18)12-23-21(24-17)14-5-2-1-3-6-14/h1-3,5-6,9-12,18H,4,7-8,13H2,(H,25,26)/t18-/m0/s1. The molecule has 1 amide bonds. The van der Waals surface area contributed by atoms with Gasteiger partial charge in [0.05, 0.1) is 6.04 Å². The fraction of sp³-hybridized carbons (Fsp3) is 0.227. The highest BCUT2D eigenvalue weighted by molar-refractivity contribution is 5.95. The Morgan fingerprint density at radius 3 is 2.82 bits per heavy atom. The molecular formula is C22H19N3O3. The topological polar surface area (TPSA) is 73.3 Å². The second-order valence-electron chi connectivity index (χ2n) is 6.95. The Morgan fingerprint density at radius 1 is 1.07 bits per heavy atom. The van der Waals surface area contributed by atoms with Crippen LogP contribution < -0.4 is 14.8 Å². The molecule has 0 saturated carbocycles. The first kappa shape index (κ1) is 16.7. The molecule has 1 aromatic heterocycles. The molecule has 0 saturated heterocycles. The third-order valence-corrected chi connectivity index (χ3v) is 5.15. The number of ether oxygens (including phenoxy) is 2. The van der Waals surface area contributed by atoms with E-state index < -0.39 is 0 Å². The van der Waals surface area contributed by atoms with Gasteiger partial charge >= 0.3 is 0 Å². The monoisotopic (exact) mass is 373 g/mol. The zero-order valence-corrected chi connectivity index (χ0v) is 15.2. The number of aryl methyl sites for hydroxylation is 1. The summed E-state index contributed by atoms with van der Waals surface area (Å²) in [6.07, 6.45) is 4.60. The maximum Gasteiger partial charge on any atom is 0.251 e. The Balaban J connectivity index is 1.38. The van der Waals surface area contributed by atoms with Crippen molar-refractivity contribution in [3.05, 3.63) is 71.5 Å². The summed E-state index contributed by atoms with van der Waals surface area (Å²) in [4.78, 5) is 22.1. The van der Waals surface area contributed by atoms with E-state index in [1.807, 2.05) is 36.5 Å². The van der Waals surface area contributed by atoms with E-state index in [2.05, 4.69) is 10.3 Å². The molecule has 0 bridgehead atoms. The van der Waals surface area contributed by atoms with E-state index in [1.54, 1.807) is 18.2 Å². The first-order valence-electron chi connectivity index (χ1n) is 9.40. The third-order valence-electron chi connectivity index (χ3n) is 5.15. The molecule has 1 N–H and O–H groups in total. The van der Waals surface area contributed by atoms with E-state index in [1.165, 1.54) is 0 Å². The van der Waals surface area contributed by atoms with Gasteiger partial charge in [-0.2, -0.15) is 0 Å². The number of carbonyl (C=O) groups is 1. The van der Waals surface area contributed by atoms with Gasteiger partial charge in [0.1, 0.15) is 0 Å². The fourth-order valence-electron chi connectivity index (χ4n) is 3.70. The number of nitrogens with one attached hydrogen (secondary N) is 1. The highest BCUT2D eigenvalue weighted by atomic mass is 16.7. The number of hydrogen-bond acceptors (Lipinski definition) is 5. The number of aromatic nitrogens is 2. The van der Waals surface area contributed by atoms with Gasteiger partial charge in [-0.3, -0.25) is 4.79 Å². The van der Waals surface area contributed by atoms with E-state index >= 15 is 0 Å². The van der Waals surface area contributed by atoms with E-state index in [-0.39, 0.29) is 18.7 Å². The largest absolute Gasteiger partial charge is 0.454 e. The summed E-state index contributed by atoms with van der Waals surface area (Å²) in [6, 6.07) is 15.1. The van der Waals surface area contributed by atoms with Crippen molar-refractivity contribution >= 4 is 5.91 Å². The average Bonchev–Trinajstić information content (AvgIpc) is 3.22. The number of fused-ring (bicyclic) bond motifs is 2. The molecule has 1 aliphatic carbocycles. The first-order valence-corrected chi connectivity index (χ1v) is 9.40. The van der Waals surface area contributed by atoms with Crippen molar-refractivity contribution in [2.75, 3.05) is 6.79 Å². The van der Waals surface area contributed by atoms with Crippen LogP contribution in [-0.4, -0.2) is 22.7 Å². The highest BCUT2D eigenvalue weighted by Gasteiger charge is 2.25. The van der Waals surface area contributed by atoms with Gasteiger partial charge < -0.3 is 14.8 Å². The summed E-state index contributed by atoms with van der Waals surface area (Å²) in [5.41, 5.74) is 3.56. The Labute approximate surface area is 162 Å². The fourth-order valence-corrected chi connectivity index (χ4v) is 3.70. The van der Waals surface area contributed by atoms with E-state index in [0.29, 0.717) is 17.1 Å². The zero-order valence-electron chi connectivity index (χ0n) is 15.2. The summed E-state index contributed by atoms with van der Waals surface area (Å²) in [5, 5.41) is 3.13. The molecule has 0 unspecified atom stereocenters. The summed E-state index contributed by atoms with van der Waals surface area (Å²) in [5.74, 6) is 1.86. The number of carbonyl (C=O) groups excluding carboxylic acids is 1. The van der Waals surface area contributed by atoms with Crippen molar-refractivity contribution in [3.8, 4) is 22.9 Å². The quantitative estimate of drug-likeness (QED) is 0.758. The van der Waals surface area contributed by atoms with Gasteiger partial charge in [-0.1, -0.05) is 30.3 Å². The summed E-state index contributed by atoms with van der Waals surface area (Å²) < 4.78 is 10.7. The van der Waals surface area contributed by atoms with Crippen molar-refractivity contribution in [1.29, 1.82) is 0 Å². The molecule has 6 nitrogen and oxygen atoms in total. The maximum absolute atomic E-state index is 12.8. The van der Waals surface area contributed by atoms with Gasteiger partial charge in [-0.25, -0.2) is 9.97 Å². The predicted molar refractivity (Wildman–Crippen MR) is 103 cm³/mol. The van der Waals surface area contributed by atoms with E-state index in [0.717, 1.165) is 41.9 Å². The minimum atomic E-state index is -0.136. The number of benzene rings is 2. The maximum atomic E-state index is 12.8. The van der Waals surface area contributed by atoms with Gasteiger partial charge in [-0.05, 0) is 37.5 Å². The minimum absolute atomic E-state index is 0.0912. The number of nitrogens with zero attached hydrogens (tertiary/aromatic N) is 2. The van der Waals surface area contributed by atoms with Crippen LogP contribution in [0.1, 0.15) is 40.5 Å². The second-order valence-corrected chi connectivity index (χ2v) is 6.95. The van der Waals surface area contributed by atoms with Gasteiger partial charge in [0.15, 0.2) is 17.3 Å². The smallest absolute Gasteiger partial charge is 0.251 e. The molecule has 2 aliphatic rings. The second kappa shape index (κ2) is 6.96. The van der Waals surface area contributed by atoms with Crippen molar-refractivity contribution < 1.29 is 14.3 Å². The van der Waals surface area contributed by atoms with E-state index in [4.69, 9.17) is 14.5 Å². The number of rotatable bonds is 3. The summed E-state index contributed by atoms with van der Waals surface area (Å²) in [7, 11) is 0. The van der Waals surface area contributed by atoms with Crippen LogP contribution in [0, 0.1) is 0 Å². The molecule has 3 aromatic rings. The first-order chi connectivity index (χ1) is 13.8. The predicted octanol–water partition coefficient (Wildman–Crippen LogP) is 3.68. The Morgan fingerprint density at radius 2 is 1.93 bits per heavy atom. The van der Waals surface area contributed by atoms with Gasteiger partial charge in [0.2, 0.25) is 6.79 Å². The van der Waals surface area contributed by atoms with Crippen molar-refractivity contribution in [2.45, 2.75) is 25.3 Å². The molecule has 0 radical (unpaired) electrons. The van der Waals surface area contributed by atoms with Crippen molar-refractivity contribution in [1.82, 2.24) is 15.3 Å². The van der Waals surface area contributed by atoms with Crippen LogP contribution in [0.25, 0.3) is 11.4 Å². The summed E-state index contributed by atoms with van der Waals surface area (Å²) >= 11 is 0. The van der Waals surface area contributed by atoms with Crippen LogP contribution in [0.4, 0.5) is 0 Å². The molecule has 0 spiro atoms. The third kappa shape index (κ3) is 3.07. The van der Waals surface area contributed by atoms with Crippen LogP contribution in [-0.2, 0) is 6.42 Å². The molecule has 140 valence electrons. The Hall–Kier alpha value is -3.41. The van der Waals surface area contributed by atoms with Gasteiger partial charge in [0, 0.05) is 28.6 Å². The zero-order chi connectivity index (χ0) is 18.9. The molecule has 6 heteroatoms. The van der Waals surface area contributed by atoms with Crippen molar-refractivity contribution in [2.24, 2.45) is 0 Å². The van der Waals surface area contributed by atoms with Crippen LogP contribution in [0.3, 0.4) is 0 Å². The Kier molecular flexibility index (Phi) is 4.16. The lowest BCUT2D eigenvalue weighted by Crippen LogP contribution is -2.31. The lowest BCUT2D eigenvalue weighted by atomic mass is 9.92. The molecule has 0 fully saturated rings. The Bertz CT molecular complexity index is 1040. The van der Waals surface area contributed by atoms with Gasteiger partial charge in [-0.15, -0.1) is 0 Å². The van der Waals surface area contributed by atoms with Crippen LogP contribution >= 0.6 is 0 Å². The molecule has 5 rings (SSSR count). The molecule has 1 aliphatic heterocycles. The van der Waals surface area contributed by atoms with Crippen LogP contribution in [0.5, 0.6) is 11.5 Å². The number of hydrogen-bond donors (Lipinski definition) is 1. The molecule has 1 atom stereocenters. The summed E-state index contributed by atoms with van der Waals surface area (Å²) in [6.45, 7) is 0.192. The molecule has 28 heavy (non-hydrogen) atoms. The normalized spacial score (nSPS) is 17.1. The van der Waals surface area contributed by atoms with Crippen LogP contribution in [0.2, 0.25) is 0 Å². The SMILES string of the molecule is O=C(N[C@H]1CCCc2nc(-c3ccccc3)ncc21)c1ccc2c(c1)OCO2. The highest BCUT2D eigenvalue weighted by Crippen LogP contribution is 2.33. The van der Waals surface area contributed by atoms with Gasteiger partial charge in [0.25, 0.3) is 5.91 Å². The van der Waals surface area contributed by atoms with E-state index in [9.17, 15) is 4.79 Å². The number of amides is 1. The molecule has 2 aromatic carbocycles. The lowest BCUT2D eigenvalue weighted by Gasteiger charge is -2.25. The van der Waals surface area contributed by atoms with Crippen molar-refractivity contribution in [3.63, 3.8) is 0 Å². The molecular weight excluding hydrogens is 354 g/mol. The molecule has 2 heterocycles.